The molecule has 3 heteroatoms. The molecule has 0 aromatic carbocycles. The molecule has 1 amide bonds. The summed E-state index contributed by atoms with van der Waals surface area (Å²) in [6.07, 6.45) is -6.70. The van der Waals surface area contributed by atoms with E-state index in [0.29, 0.717) is 0 Å². The molecule has 0 rings (SSSR count). The van der Waals surface area contributed by atoms with E-state index in [4.69, 9.17) is 16.7 Å². The van der Waals surface area contributed by atoms with Crippen molar-refractivity contribution in [1.82, 2.24) is 5.32 Å². The minimum atomic E-state index is -3.36. The van der Waals surface area contributed by atoms with Crippen LogP contribution in [0.3, 0.4) is 0 Å². The monoisotopic (exact) mass is 138 g/mol. The number of carbonyl (C=O) groups excluding carboxylic acids is 1. The molecule has 0 heterocycles. The molecular formula is C6H14N2O. The number of carbonyl (C=O) groups is 1. The molecule has 0 aliphatic carbocycles. The minimum absolute atomic E-state index is 0.910. The molecule has 3 N–H and O–H groups in total. The first-order valence-electron chi connectivity index (χ1n) is 6.24. The van der Waals surface area contributed by atoms with Crippen LogP contribution in [0.2, 0.25) is 0 Å². The molecule has 54 valence electrons. The second-order valence-corrected chi connectivity index (χ2v) is 1.20. The predicted octanol–water partition coefficient (Wildman–Crippen LogP) is -0.139. The number of hydrogen-bond donors (Lipinski definition) is 2. The van der Waals surface area contributed by atoms with Gasteiger partial charge in [-0.15, -0.1) is 0 Å². The minimum Gasteiger partial charge on any atom is -0.356 e. The SMILES string of the molecule is [2H]C([2H])(N)C([2H])([2H])C([2H])([2H])C([2H])([2H])NC(C)=O. The zero-order chi connectivity index (χ0) is 14.3. The summed E-state index contributed by atoms with van der Waals surface area (Å²) >= 11 is 0. The first kappa shape index (κ1) is 1.95. The predicted molar refractivity (Wildman–Crippen MR) is 37.0 cm³/mol. The molecule has 0 aliphatic heterocycles. The lowest BCUT2D eigenvalue weighted by Gasteiger charge is -1.98. The Balaban J connectivity index is 5.47. The number of nitrogens with one attached hydrogen (secondary N) is 1. The third kappa shape index (κ3) is 7.43. The van der Waals surface area contributed by atoms with Gasteiger partial charge in [-0.2, -0.15) is 0 Å². The summed E-state index contributed by atoms with van der Waals surface area (Å²) in [7, 11) is 0. The van der Waals surface area contributed by atoms with Crippen molar-refractivity contribution in [2.75, 3.05) is 13.0 Å². The van der Waals surface area contributed by atoms with Crippen molar-refractivity contribution in [3.05, 3.63) is 0 Å². The van der Waals surface area contributed by atoms with E-state index in [1.807, 2.05) is 0 Å². The van der Waals surface area contributed by atoms with Crippen LogP contribution in [0.15, 0.2) is 0 Å². The van der Waals surface area contributed by atoms with Gasteiger partial charge in [0.05, 0.1) is 0 Å². The van der Waals surface area contributed by atoms with Gasteiger partial charge in [0.25, 0.3) is 0 Å². The Morgan fingerprint density at radius 2 is 2.44 bits per heavy atom. The Hall–Kier alpha value is -0.570. The average Bonchev–Trinajstić information content (AvgIpc) is 1.98. The van der Waals surface area contributed by atoms with Crippen LogP contribution in [-0.4, -0.2) is 18.9 Å². The third-order valence-corrected chi connectivity index (χ3v) is 0.436. The standard InChI is InChI=1S/C6H14N2O/c1-6(9)8-5-3-2-4-7/h2-5,7H2,1H3,(H,8,9)/i2D2,3D2,4D2,5D2. The molecule has 0 bridgehead atoms. The molecule has 0 saturated heterocycles. The van der Waals surface area contributed by atoms with Gasteiger partial charge in [-0.1, -0.05) is 0 Å². The second kappa shape index (κ2) is 5.56. The van der Waals surface area contributed by atoms with Gasteiger partial charge in [0.1, 0.15) is 0 Å². The van der Waals surface area contributed by atoms with E-state index in [2.05, 4.69) is 0 Å². The van der Waals surface area contributed by atoms with Crippen LogP contribution >= 0.6 is 0 Å². The van der Waals surface area contributed by atoms with Crippen molar-refractivity contribution in [3.8, 4) is 0 Å². The van der Waals surface area contributed by atoms with E-state index < -0.39 is 31.6 Å². The number of nitrogens with two attached hydrogens (primary N) is 1. The van der Waals surface area contributed by atoms with Gasteiger partial charge >= 0.3 is 0 Å². The van der Waals surface area contributed by atoms with Gasteiger partial charge in [-0.05, 0) is 19.2 Å². The molecule has 0 aliphatic rings. The zero-order valence-electron chi connectivity index (χ0n) is 13.0. The Morgan fingerprint density at radius 1 is 1.78 bits per heavy atom. The van der Waals surface area contributed by atoms with Crippen LogP contribution in [0.4, 0.5) is 0 Å². The third-order valence-electron chi connectivity index (χ3n) is 0.436. The fourth-order valence-electron chi connectivity index (χ4n) is 0.187. The molecule has 0 radical (unpaired) electrons. The van der Waals surface area contributed by atoms with Crippen LogP contribution in [0.5, 0.6) is 0 Å². The summed E-state index contributed by atoms with van der Waals surface area (Å²) in [6, 6.07) is 0. The van der Waals surface area contributed by atoms with Crippen LogP contribution in [0.1, 0.15) is 30.6 Å². The van der Waals surface area contributed by atoms with E-state index in [1.165, 1.54) is 0 Å². The first-order chi connectivity index (χ1) is 7.17. The summed E-state index contributed by atoms with van der Waals surface area (Å²) in [6.45, 7) is -5.28. The normalized spacial score (nSPS) is 28.7. The van der Waals surface area contributed by atoms with Crippen molar-refractivity contribution < 1.29 is 15.8 Å². The van der Waals surface area contributed by atoms with Crippen molar-refractivity contribution in [2.24, 2.45) is 5.73 Å². The van der Waals surface area contributed by atoms with Gasteiger partial charge in [-0.25, -0.2) is 0 Å². The van der Waals surface area contributed by atoms with Gasteiger partial charge in [0.2, 0.25) is 5.91 Å². The summed E-state index contributed by atoms with van der Waals surface area (Å²) in [5, 5.41) is 1.59. The molecule has 9 heavy (non-hydrogen) atoms. The number of rotatable bonds is 4. The average molecular weight is 138 g/mol. The maximum absolute atomic E-state index is 10.7. The quantitative estimate of drug-likeness (QED) is 0.568. The summed E-state index contributed by atoms with van der Waals surface area (Å²) < 4.78 is 57.9. The van der Waals surface area contributed by atoms with Crippen LogP contribution in [0.25, 0.3) is 0 Å². The highest BCUT2D eigenvalue weighted by Crippen LogP contribution is 1.81. The lowest BCUT2D eigenvalue weighted by Crippen LogP contribution is -2.21. The fourth-order valence-corrected chi connectivity index (χ4v) is 0.187. The molecule has 0 saturated carbocycles. The Labute approximate surface area is 66.9 Å². The van der Waals surface area contributed by atoms with E-state index in [0.717, 1.165) is 6.92 Å². The first-order valence-corrected chi connectivity index (χ1v) is 2.24. The van der Waals surface area contributed by atoms with E-state index in [1.54, 1.807) is 5.32 Å². The van der Waals surface area contributed by atoms with Crippen molar-refractivity contribution >= 4 is 5.91 Å². The van der Waals surface area contributed by atoms with E-state index in [9.17, 15) is 4.79 Å². The van der Waals surface area contributed by atoms with Gasteiger partial charge < -0.3 is 11.1 Å². The second-order valence-electron chi connectivity index (χ2n) is 1.20. The topological polar surface area (TPSA) is 55.1 Å². The molecule has 0 aromatic rings. The van der Waals surface area contributed by atoms with Gasteiger partial charge in [-0.3, -0.25) is 4.79 Å². The highest BCUT2D eigenvalue weighted by molar-refractivity contribution is 5.72. The Kier molecular flexibility index (Phi) is 1.21. The van der Waals surface area contributed by atoms with Gasteiger partial charge in [0.15, 0.2) is 0 Å². The molecule has 0 fully saturated rings. The molecule has 0 unspecified atom stereocenters. The number of amides is 1. The summed E-state index contributed by atoms with van der Waals surface area (Å²) in [5.74, 6) is -0.910. The smallest absolute Gasteiger partial charge is 0.216 e. The maximum atomic E-state index is 10.7. The summed E-state index contributed by atoms with van der Waals surface area (Å²) in [5.41, 5.74) is 4.87. The fraction of sp³-hybridized carbons (Fsp3) is 0.833. The van der Waals surface area contributed by atoms with Crippen LogP contribution in [-0.2, 0) is 4.79 Å². The Bertz CT molecular complexity index is 310. The zero-order valence-corrected chi connectivity index (χ0v) is 4.99. The molecular weight excluding hydrogens is 116 g/mol. The molecule has 0 spiro atoms. The molecule has 0 aromatic heterocycles. The molecule has 0 atom stereocenters. The largest absolute Gasteiger partial charge is 0.356 e. The summed E-state index contributed by atoms with van der Waals surface area (Å²) in [4.78, 5) is 10.7. The van der Waals surface area contributed by atoms with E-state index >= 15 is 0 Å². The lowest BCUT2D eigenvalue weighted by atomic mass is 10.3. The van der Waals surface area contributed by atoms with Crippen molar-refractivity contribution in [3.63, 3.8) is 0 Å². The van der Waals surface area contributed by atoms with Crippen LogP contribution in [0, 0.1) is 0 Å². The van der Waals surface area contributed by atoms with Crippen molar-refractivity contribution in [1.29, 1.82) is 0 Å². The van der Waals surface area contributed by atoms with Crippen LogP contribution < -0.4 is 11.1 Å². The highest BCUT2D eigenvalue weighted by atomic mass is 16.1. The maximum Gasteiger partial charge on any atom is 0.216 e. The van der Waals surface area contributed by atoms with E-state index in [-0.39, 0.29) is 0 Å². The molecule has 3 nitrogen and oxygen atoms in total. The lowest BCUT2D eigenvalue weighted by molar-refractivity contribution is -0.118. The number of hydrogen-bond acceptors (Lipinski definition) is 2. The highest BCUT2D eigenvalue weighted by Gasteiger charge is 1.87. The van der Waals surface area contributed by atoms with Crippen molar-refractivity contribution in [2.45, 2.75) is 19.7 Å². The van der Waals surface area contributed by atoms with Gasteiger partial charge in [0, 0.05) is 24.4 Å². The Morgan fingerprint density at radius 3 is 2.89 bits per heavy atom.